The number of alkyl halides is 3. The third-order valence-electron chi connectivity index (χ3n) is 10.2. The number of rotatable bonds is 11. The fraction of sp³-hybridized carbons (Fsp3) is 0.559. The lowest BCUT2D eigenvalue weighted by molar-refractivity contribution is -0.126. The molecule has 16 heteroatoms. The molecule has 2 N–H and O–H groups in total. The SMILES string of the molecule is CN[SH](C)(=O)N1CCN([C@@H](C)Cn2c(C#N)cc3c(C)c(CN4CCC(Nc5nc(OC)nc6sc(CC(F)(F)F)cc56)CC4)ccc32)CC1. The molecule has 0 unspecified atom stereocenters. The molecular weight excluding hydrogens is 688 g/mol. The number of aromatic nitrogens is 3. The normalized spacial score (nSPS) is 18.5. The van der Waals surface area contributed by atoms with Crippen LogP contribution >= 0.6 is 11.3 Å². The van der Waals surface area contributed by atoms with Crippen LogP contribution in [0.15, 0.2) is 24.3 Å². The summed E-state index contributed by atoms with van der Waals surface area (Å²) >= 11 is 1.01. The third-order valence-corrected chi connectivity index (χ3v) is 13.5. The minimum atomic E-state index is -4.30. The van der Waals surface area contributed by atoms with Crippen LogP contribution in [0, 0.1) is 18.3 Å². The van der Waals surface area contributed by atoms with Crippen molar-refractivity contribution in [3.05, 3.63) is 46.0 Å². The number of halogens is 3. The second-order valence-electron chi connectivity index (χ2n) is 13.5. The van der Waals surface area contributed by atoms with Crippen molar-refractivity contribution in [2.45, 2.75) is 64.5 Å². The highest BCUT2D eigenvalue weighted by atomic mass is 32.3. The Morgan fingerprint density at radius 2 is 1.84 bits per heavy atom. The van der Waals surface area contributed by atoms with E-state index in [1.54, 1.807) is 13.3 Å². The van der Waals surface area contributed by atoms with Gasteiger partial charge in [-0.1, -0.05) is 6.07 Å². The number of nitrogens with one attached hydrogen (secondary N) is 2. The number of likely N-dealkylation sites (tertiary alicyclic amines) is 1. The van der Waals surface area contributed by atoms with Gasteiger partial charge in [-0.05, 0) is 73.4 Å². The molecule has 4 aromatic rings. The molecule has 2 saturated heterocycles. The lowest BCUT2D eigenvalue weighted by Gasteiger charge is -2.42. The molecule has 0 bridgehead atoms. The van der Waals surface area contributed by atoms with Crippen molar-refractivity contribution >= 4 is 48.6 Å². The van der Waals surface area contributed by atoms with Crippen LogP contribution in [-0.2, 0) is 29.8 Å². The van der Waals surface area contributed by atoms with Gasteiger partial charge >= 0.3 is 12.2 Å². The second kappa shape index (κ2) is 14.7. The van der Waals surface area contributed by atoms with E-state index in [4.69, 9.17) is 4.74 Å². The van der Waals surface area contributed by atoms with Gasteiger partial charge in [-0.15, -0.1) is 11.3 Å². The zero-order chi connectivity index (χ0) is 35.8. The molecule has 11 nitrogen and oxygen atoms in total. The van der Waals surface area contributed by atoms with E-state index in [9.17, 15) is 22.6 Å². The number of nitrogens with zero attached hydrogens (tertiary/aromatic N) is 7. The molecule has 1 aromatic carbocycles. The van der Waals surface area contributed by atoms with Crippen molar-refractivity contribution in [1.29, 1.82) is 5.26 Å². The van der Waals surface area contributed by atoms with E-state index in [0.717, 1.165) is 80.9 Å². The topological polar surface area (TPSA) is 115 Å². The molecule has 2 aliphatic rings. The van der Waals surface area contributed by atoms with Crippen LogP contribution < -0.4 is 14.8 Å². The first-order valence-electron chi connectivity index (χ1n) is 17.0. The van der Waals surface area contributed by atoms with Crippen molar-refractivity contribution in [2.24, 2.45) is 0 Å². The van der Waals surface area contributed by atoms with Gasteiger partial charge in [0.05, 0.1) is 18.9 Å². The number of piperidine rings is 1. The van der Waals surface area contributed by atoms with Gasteiger partial charge in [0.25, 0.3) is 0 Å². The summed E-state index contributed by atoms with van der Waals surface area (Å²) in [4.78, 5) is 14.2. The average molecular weight is 734 g/mol. The lowest BCUT2D eigenvalue weighted by atomic mass is 10.0. The Labute approximate surface area is 296 Å². The number of hydrogen-bond acceptors (Lipinski definition) is 9. The number of fused-ring (bicyclic) bond motifs is 2. The molecule has 6 rings (SSSR count). The smallest absolute Gasteiger partial charge is 0.393 e. The van der Waals surface area contributed by atoms with Crippen molar-refractivity contribution in [3.8, 4) is 12.1 Å². The number of benzene rings is 1. The summed E-state index contributed by atoms with van der Waals surface area (Å²) in [6.45, 7) is 10.6. The predicted octanol–water partition coefficient (Wildman–Crippen LogP) is 4.72. The molecule has 1 atom stereocenters. The Morgan fingerprint density at radius 3 is 2.48 bits per heavy atom. The monoisotopic (exact) mass is 733 g/mol. The van der Waals surface area contributed by atoms with Gasteiger partial charge in [0.1, 0.15) is 22.4 Å². The molecule has 272 valence electrons. The number of aryl methyl sites for hydroxylation is 1. The number of piperazine rings is 1. The molecule has 0 saturated carbocycles. The van der Waals surface area contributed by atoms with Gasteiger partial charge in [0.15, 0.2) is 0 Å². The Bertz CT molecular complexity index is 1920. The Balaban J connectivity index is 1.09. The van der Waals surface area contributed by atoms with E-state index >= 15 is 0 Å². The van der Waals surface area contributed by atoms with E-state index in [0.29, 0.717) is 28.3 Å². The van der Waals surface area contributed by atoms with Gasteiger partial charge < -0.3 is 14.6 Å². The first-order chi connectivity index (χ1) is 23.8. The fourth-order valence-corrected chi connectivity index (χ4v) is 9.42. The fourth-order valence-electron chi connectivity index (χ4n) is 7.14. The van der Waals surface area contributed by atoms with Crippen LogP contribution in [0.3, 0.4) is 0 Å². The summed E-state index contributed by atoms with van der Waals surface area (Å²) in [5.41, 5.74) is 4.11. The van der Waals surface area contributed by atoms with Crippen molar-refractivity contribution in [3.63, 3.8) is 0 Å². The zero-order valence-electron chi connectivity index (χ0n) is 29.2. The van der Waals surface area contributed by atoms with Crippen molar-refractivity contribution < 1.29 is 22.1 Å². The predicted molar refractivity (Wildman–Crippen MR) is 194 cm³/mol. The van der Waals surface area contributed by atoms with E-state index < -0.39 is 22.9 Å². The summed E-state index contributed by atoms with van der Waals surface area (Å²) in [7, 11) is 0.696. The molecule has 0 radical (unpaired) electrons. The molecule has 50 heavy (non-hydrogen) atoms. The van der Waals surface area contributed by atoms with Gasteiger partial charge in [0.2, 0.25) is 0 Å². The van der Waals surface area contributed by atoms with Crippen molar-refractivity contribution in [2.75, 3.05) is 65.0 Å². The van der Waals surface area contributed by atoms with Crippen LogP contribution in [0.4, 0.5) is 19.0 Å². The van der Waals surface area contributed by atoms with Crippen LogP contribution in [0.2, 0.25) is 0 Å². The van der Waals surface area contributed by atoms with Crippen LogP contribution in [0.5, 0.6) is 6.01 Å². The molecule has 0 aliphatic carbocycles. The minimum absolute atomic E-state index is 0.107. The number of ether oxygens (including phenoxy) is 1. The first-order valence-corrected chi connectivity index (χ1v) is 19.9. The molecule has 2 fully saturated rings. The number of hydrogen-bond donors (Lipinski definition) is 3. The average Bonchev–Trinajstić information content (AvgIpc) is 3.66. The number of thiophene rings is 1. The Kier molecular flexibility index (Phi) is 10.7. The third kappa shape index (κ3) is 7.93. The maximum Gasteiger partial charge on any atom is 0.393 e. The highest BCUT2D eigenvalue weighted by Gasteiger charge is 2.30. The summed E-state index contributed by atoms with van der Waals surface area (Å²) in [6.07, 6.45) is -1.82. The molecule has 0 amide bonds. The van der Waals surface area contributed by atoms with Crippen LogP contribution in [0.25, 0.3) is 21.1 Å². The molecular formula is C34H46F3N9O2S2. The van der Waals surface area contributed by atoms with Crippen molar-refractivity contribution in [1.82, 2.24) is 33.4 Å². The maximum atomic E-state index is 13.1. The Hall–Kier alpha value is -3.33. The highest BCUT2D eigenvalue weighted by molar-refractivity contribution is 7.98. The van der Waals surface area contributed by atoms with Crippen LogP contribution in [-0.4, -0.2) is 111 Å². The largest absolute Gasteiger partial charge is 0.467 e. The second-order valence-corrected chi connectivity index (χ2v) is 17.3. The lowest BCUT2D eigenvalue weighted by Crippen LogP contribution is -2.56. The quantitative estimate of drug-likeness (QED) is 0.190. The molecule has 0 spiro atoms. The van der Waals surface area contributed by atoms with E-state index in [2.05, 4.69) is 66.4 Å². The van der Waals surface area contributed by atoms with Crippen LogP contribution in [0.1, 0.15) is 41.5 Å². The van der Waals surface area contributed by atoms with Gasteiger partial charge in [-0.25, -0.2) is 4.31 Å². The molecule has 2 aliphatic heterocycles. The highest BCUT2D eigenvalue weighted by Crippen LogP contribution is 2.35. The number of methoxy groups -OCH3 is 1. The number of anilines is 1. The minimum Gasteiger partial charge on any atom is -0.467 e. The molecule has 3 aromatic heterocycles. The standard InChI is InChI=1S/C34H46F3N9O2S2/c1-22(44-12-14-45(15-13-44)50(5,47)39-3)20-46-26(19-38)16-28-23(2)24(6-7-30(28)46)21-43-10-8-25(9-11-43)40-31-29-17-27(18-34(35,36)37)49-32(29)42-33(41-31)48-4/h6-7,16-17,22,25,50H,8-15,18,20-21H2,1-5H3,(H,39,47)(H,40,41,42)/t22-/m0/s1. The van der Waals surface area contributed by atoms with E-state index in [1.807, 2.05) is 10.4 Å². The number of thiol groups is 1. The maximum absolute atomic E-state index is 13.1. The summed E-state index contributed by atoms with van der Waals surface area (Å²) in [5, 5.41) is 15.2. The molecule has 5 heterocycles. The number of nitriles is 1. The summed E-state index contributed by atoms with van der Waals surface area (Å²) < 4.78 is 64.4. The summed E-state index contributed by atoms with van der Waals surface area (Å²) in [6, 6.07) is 10.7. The Morgan fingerprint density at radius 1 is 1.12 bits per heavy atom. The van der Waals surface area contributed by atoms with Gasteiger partial charge in [-0.2, -0.15) is 28.4 Å². The van der Waals surface area contributed by atoms with E-state index in [-0.39, 0.29) is 23.0 Å². The van der Waals surface area contributed by atoms with Gasteiger partial charge in [-0.3, -0.25) is 18.7 Å². The van der Waals surface area contributed by atoms with E-state index in [1.165, 1.54) is 24.3 Å². The zero-order valence-corrected chi connectivity index (χ0v) is 30.9. The summed E-state index contributed by atoms with van der Waals surface area (Å²) in [5.74, 6) is 0.506. The van der Waals surface area contributed by atoms with Gasteiger partial charge in [0, 0.05) is 86.5 Å². The first kappa shape index (κ1) is 36.5.